The first-order chi connectivity index (χ1) is 18.6. The van der Waals surface area contributed by atoms with Crippen LogP contribution in [0.1, 0.15) is 49.0 Å². The Morgan fingerprint density at radius 3 is 2.39 bits per heavy atom. The van der Waals surface area contributed by atoms with E-state index in [1.54, 1.807) is 24.3 Å². The second-order valence-corrected chi connectivity index (χ2v) is 11.1. The minimum absolute atomic E-state index is 0.133. The SMILES string of the molecule is CCC1C[N+]2(Cc3ccccc3F)CC[C@H]1CC2[C@H](OCc1ccccc1F)c1ccnc2ccccc12. The number of hydrogen-bond donors (Lipinski definition) is 0. The molecule has 3 aliphatic rings. The van der Waals surface area contributed by atoms with E-state index in [1.807, 2.05) is 42.6 Å². The standard InChI is InChI=1S/C33H35F2N2O/c1-2-23-20-37(21-25-9-3-6-12-29(25)34)18-16-24(23)19-32(37)33(38-22-26-10-4-7-13-30(26)35)28-15-17-36-31-14-8-5-11-27(28)31/h3-15,17,23-24,32-33H,2,16,18-22H2,1H3/q+1/t23?,24-,32?,33+,37?/m0/s1. The summed E-state index contributed by atoms with van der Waals surface area (Å²) in [5.74, 6) is 0.849. The molecule has 3 saturated heterocycles. The zero-order valence-corrected chi connectivity index (χ0v) is 21.9. The second kappa shape index (κ2) is 10.5. The number of halogens is 2. The van der Waals surface area contributed by atoms with Crippen LogP contribution < -0.4 is 0 Å². The van der Waals surface area contributed by atoms with Crippen LogP contribution in [-0.2, 0) is 17.9 Å². The van der Waals surface area contributed by atoms with Crippen LogP contribution >= 0.6 is 0 Å². The van der Waals surface area contributed by atoms with Gasteiger partial charge < -0.3 is 9.22 Å². The van der Waals surface area contributed by atoms with Crippen molar-refractivity contribution in [1.29, 1.82) is 0 Å². The number of para-hydroxylation sites is 1. The van der Waals surface area contributed by atoms with Crippen LogP contribution in [0.25, 0.3) is 10.9 Å². The van der Waals surface area contributed by atoms with Crippen molar-refractivity contribution in [2.75, 3.05) is 13.1 Å². The molecule has 3 fully saturated rings. The van der Waals surface area contributed by atoms with Crippen molar-refractivity contribution in [3.05, 3.63) is 113 Å². The normalized spacial score (nSPS) is 25.5. The first-order valence-electron chi connectivity index (χ1n) is 13.9. The zero-order chi connectivity index (χ0) is 26.1. The number of quaternary nitrogens is 1. The Labute approximate surface area is 223 Å². The average Bonchev–Trinajstić information content (AvgIpc) is 2.95. The van der Waals surface area contributed by atoms with Gasteiger partial charge in [-0.2, -0.15) is 0 Å². The highest BCUT2D eigenvalue weighted by molar-refractivity contribution is 5.82. The summed E-state index contributed by atoms with van der Waals surface area (Å²) in [6.07, 6.45) is 4.89. The van der Waals surface area contributed by atoms with Crippen molar-refractivity contribution in [1.82, 2.24) is 4.98 Å². The van der Waals surface area contributed by atoms with Crippen LogP contribution in [0.3, 0.4) is 0 Å². The zero-order valence-electron chi connectivity index (χ0n) is 21.9. The smallest absolute Gasteiger partial charge is 0.135 e. The van der Waals surface area contributed by atoms with Crippen LogP contribution in [0.2, 0.25) is 0 Å². The summed E-state index contributed by atoms with van der Waals surface area (Å²) < 4.78 is 37.3. The lowest BCUT2D eigenvalue weighted by molar-refractivity contribution is -0.986. The van der Waals surface area contributed by atoms with Gasteiger partial charge in [-0.05, 0) is 42.2 Å². The minimum Gasteiger partial charge on any atom is -0.362 e. The second-order valence-electron chi connectivity index (χ2n) is 11.1. The molecule has 3 aliphatic heterocycles. The van der Waals surface area contributed by atoms with Crippen LogP contribution in [0.4, 0.5) is 8.78 Å². The van der Waals surface area contributed by atoms with Gasteiger partial charge >= 0.3 is 0 Å². The topological polar surface area (TPSA) is 22.1 Å². The van der Waals surface area contributed by atoms with E-state index in [4.69, 9.17) is 4.74 Å². The predicted molar refractivity (Wildman–Crippen MR) is 146 cm³/mol. The third-order valence-corrected chi connectivity index (χ3v) is 9.14. The van der Waals surface area contributed by atoms with E-state index in [9.17, 15) is 4.39 Å². The molecule has 0 saturated carbocycles. The number of ether oxygens (including phenoxy) is 1. The highest BCUT2D eigenvalue weighted by Crippen LogP contribution is 2.49. The fraction of sp³-hybridized carbons (Fsp3) is 0.364. The first kappa shape index (κ1) is 25.1. The average molecular weight is 514 g/mol. The summed E-state index contributed by atoms with van der Waals surface area (Å²) in [6.45, 7) is 5.13. The van der Waals surface area contributed by atoms with Gasteiger partial charge in [-0.1, -0.05) is 61.5 Å². The number of hydrogen-bond acceptors (Lipinski definition) is 2. The van der Waals surface area contributed by atoms with Crippen molar-refractivity contribution >= 4 is 10.9 Å². The molecule has 3 unspecified atom stereocenters. The summed E-state index contributed by atoms with van der Waals surface area (Å²) in [5, 5.41) is 1.06. The fourth-order valence-electron chi connectivity index (χ4n) is 7.18. The monoisotopic (exact) mass is 513 g/mol. The third kappa shape index (κ3) is 4.63. The number of pyridine rings is 1. The molecule has 3 nitrogen and oxygen atoms in total. The maximum Gasteiger partial charge on any atom is 0.135 e. The summed E-state index contributed by atoms with van der Waals surface area (Å²) in [7, 11) is 0. The van der Waals surface area contributed by atoms with Crippen molar-refractivity contribution in [2.24, 2.45) is 11.8 Å². The number of rotatable bonds is 8. The molecular weight excluding hydrogens is 478 g/mol. The molecule has 0 aliphatic carbocycles. The van der Waals surface area contributed by atoms with Crippen molar-refractivity contribution in [2.45, 2.75) is 51.5 Å². The van der Waals surface area contributed by atoms with Crippen LogP contribution in [-0.4, -0.2) is 28.6 Å². The largest absolute Gasteiger partial charge is 0.362 e. The molecular formula is C33H35F2N2O+. The Kier molecular flexibility index (Phi) is 6.98. The lowest BCUT2D eigenvalue weighted by atomic mass is 9.70. The van der Waals surface area contributed by atoms with E-state index >= 15 is 4.39 Å². The highest BCUT2D eigenvalue weighted by Gasteiger charge is 2.55. The van der Waals surface area contributed by atoms with Gasteiger partial charge in [-0.15, -0.1) is 0 Å². The quantitative estimate of drug-likeness (QED) is 0.226. The molecule has 0 radical (unpaired) electrons. The van der Waals surface area contributed by atoms with Crippen LogP contribution in [0.5, 0.6) is 0 Å². The molecule has 0 spiro atoms. The summed E-state index contributed by atoms with van der Waals surface area (Å²) in [5.41, 5.74) is 3.33. The molecule has 5 atom stereocenters. The Hall–Kier alpha value is -3.15. The van der Waals surface area contributed by atoms with E-state index in [0.717, 1.165) is 58.9 Å². The number of fused-ring (bicyclic) bond motifs is 4. The molecule has 2 bridgehead atoms. The van der Waals surface area contributed by atoms with E-state index in [1.165, 1.54) is 6.07 Å². The maximum absolute atomic E-state index is 15.0. The molecule has 3 aromatic carbocycles. The van der Waals surface area contributed by atoms with Gasteiger partial charge in [0.2, 0.25) is 0 Å². The fourth-order valence-corrected chi connectivity index (χ4v) is 7.18. The van der Waals surface area contributed by atoms with E-state index in [-0.39, 0.29) is 30.4 Å². The summed E-state index contributed by atoms with van der Waals surface area (Å²) >= 11 is 0. The predicted octanol–water partition coefficient (Wildman–Crippen LogP) is 7.61. The molecule has 4 heterocycles. The van der Waals surface area contributed by atoms with E-state index in [2.05, 4.69) is 24.0 Å². The summed E-state index contributed by atoms with van der Waals surface area (Å²) in [4.78, 5) is 4.60. The number of benzene rings is 3. The van der Waals surface area contributed by atoms with Gasteiger partial charge in [0.05, 0.1) is 25.2 Å². The third-order valence-electron chi connectivity index (χ3n) is 9.14. The molecule has 38 heavy (non-hydrogen) atoms. The van der Waals surface area contributed by atoms with Gasteiger partial charge in [0.1, 0.15) is 30.3 Å². The van der Waals surface area contributed by atoms with Crippen molar-refractivity contribution in [3.8, 4) is 0 Å². The van der Waals surface area contributed by atoms with Crippen molar-refractivity contribution in [3.63, 3.8) is 0 Å². The number of piperidine rings is 3. The van der Waals surface area contributed by atoms with Gasteiger partial charge in [-0.3, -0.25) is 4.98 Å². The first-order valence-corrected chi connectivity index (χ1v) is 13.9. The number of aromatic nitrogens is 1. The van der Waals surface area contributed by atoms with Crippen LogP contribution in [0, 0.1) is 23.5 Å². The Balaban J connectivity index is 1.45. The van der Waals surface area contributed by atoms with E-state index in [0.29, 0.717) is 23.9 Å². The van der Waals surface area contributed by atoms with Gasteiger partial charge in [-0.25, -0.2) is 8.78 Å². The Bertz CT molecular complexity index is 1420. The molecule has 1 aromatic heterocycles. The lowest BCUT2D eigenvalue weighted by Crippen LogP contribution is -2.68. The van der Waals surface area contributed by atoms with E-state index < -0.39 is 0 Å². The Morgan fingerprint density at radius 2 is 1.63 bits per heavy atom. The Morgan fingerprint density at radius 1 is 0.921 bits per heavy atom. The molecule has 4 aromatic rings. The molecule has 7 rings (SSSR count). The lowest BCUT2D eigenvalue weighted by Gasteiger charge is -2.59. The maximum atomic E-state index is 15.0. The van der Waals surface area contributed by atoms with Gasteiger partial charge in [0, 0.05) is 41.5 Å². The molecule has 196 valence electrons. The number of nitrogens with zero attached hydrogens (tertiary/aromatic N) is 2. The minimum atomic E-state index is -0.269. The van der Waals surface area contributed by atoms with Crippen LogP contribution in [0.15, 0.2) is 85.1 Å². The van der Waals surface area contributed by atoms with Crippen molar-refractivity contribution < 1.29 is 18.0 Å². The van der Waals surface area contributed by atoms with Gasteiger partial charge in [0.15, 0.2) is 0 Å². The molecule has 0 N–H and O–H groups in total. The molecule has 5 heteroatoms. The highest BCUT2D eigenvalue weighted by atomic mass is 19.1. The molecule has 0 amide bonds. The summed E-state index contributed by atoms with van der Waals surface area (Å²) in [6, 6.07) is 24.4. The van der Waals surface area contributed by atoms with Gasteiger partial charge in [0.25, 0.3) is 0 Å².